The van der Waals surface area contributed by atoms with Crippen LogP contribution in [0.2, 0.25) is 0 Å². The first-order valence-electron chi connectivity index (χ1n) is 5.30. The largest absolute Gasteiger partial charge is 0.508 e. The summed E-state index contributed by atoms with van der Waals surface area (Å²) in [7, 11) is 0. The van der Waals surface area contributed by atoms with Crippen LogP contribution in [0.25, 0.3) is 0 Å². The van der Waals surface area contributed by atoms with E-state index in [1.165, 1.54) is 24.8 Å². The van der Waals surface area contributed by atoms with Gasteiger partial charge in [0, 0.05) is 6.04 Å². The van der Waals surface area contributed by atoms with Crippen LogP contribution < -0.4 is 5.32 Å². The van der Waals surface area contributed by atoms with Crippen molar-refractivity contribution in [1.29, 1.82) is 0 Å². The van der Waals surface area contributed by atoms with Crippen LogP contribution >= 0.6 is 0 Å². The van der Waals surface area contributed by atoms with E-state index in [0.717, 1.165) is 12.1 Å². The predicted molar refractivity (Wildman–Crippen MR) is 57.4 cm³/mol. The van der Waals surface area contributed by atoms with E-state index >= 15 is 0 Å². The van der Waals surface area contributed by atoms with Crippen LogP contribution in [-0.4, -0.2) is 11.7 Å². The second kappa shape index (κ2) is 4.01. The van der Waals surface area contributed by atoms with Gasteiger partial charge in [-0.25, -0.2) is 0 Å². The highest BCUT2D eigenvalue weighted by atomic mass is 16.3. The zero-order chi connectivity index (χ0) is 9.97. The van der Waals surface area contributed by atoms with E-state index in [4.69, 9.17) is 0 Å². The van der Waals surface area contributed by atoms with Gasteiger partial charge in [0.1, 0.15) is 5.75 Å². The molecule has 2 rings (SSSR count). The highest BCUT2D eigenvalue weighted by Crippen LogP contribution is 2.26. The molecule has 0 unspecified atom stereocenters. The van der Waals surface area contributed by atoms with Crippen LogP contribution in [0.3, 0.4) is 0 Å². The molecule has 1 aliphatic rings. The maximum absolute atomic E-state index is 9.42. The van der Waals surface area contributed by atoms with Gasteiger partial charge in [-0.05, 0) is 43.5 Å². The molecular formula is C12H17NO. The first kappa shape index (κ1) is 9.53. The number of piperidine rings is 1. The number of nitrogens with one attached hydrogen (secondary N) is 1. The van der Waals surface area contributed by atoms with Crippen molar-refractivity contribution < 1.29 is 5.11 Å². The van der Waals surface area contributed by atoms with E-state index in [1.807, 2.05) is 13.0 Å². The molecule has 2 N–H and O–H groups in total. The molecule has 14 heavy (non-hydrogen) atoms. The molecular weight excluding hydrogens is 174 g/mol. The summed E-state index contributed by atoms with van der Waals surface area (Å²) < 4.78 is 0. The van der Waals surface area contributed by atoms with E-state index in [0.29, 0.717) is 11.8 Å². The standard InChI is InChI=1S/C12H17NO/c1-9-8-10(5-6-12(9)14)11-4-2-3-7-13-11/h5-6,8,11,13-14H,2-4,7H2,1H3/t11-/m0/s1. The monoisotopic (exact) mass is 191 g/mol. The van der Waals surface area contributed by atoms with Gasteiger partial charge in [0.25, 0.3) is 0 Å². The number of hydrogen-bond donors (Lipinski definition) is 2. The Morgan fingerprint density at radius 3 is 2.86 bits per heavy atom. The van der Waals surface area contributed by atoms with Crippen LogP contribution in [0.1, 0.15) is 36.4 Å². The first-order valence-corrected chi connectivity index (χ1v) is 5.30. The first-order chi connectivity index (χ1) is 6.77. The maximum Gasteiger partial charge on any atom is 0.118 e. The second-order valence-corrected chi connectivity index (χ2v) is 4.05. The molecule has 0 spiro atoms. The number of hydrogen-bond acceptors (Lipinski definition) is 2. The van der Waals surface area contributed by atoms with Crippen molar-refractivity contribution in [3.05, 3.63) is 29.3 Å². The van der Waals surface area contributed by atoms with Gasteiger partial charge in [0.05, 0.1) is 0 Å². The zero-order valence-corrected chi connectivity index (χ0v) is 8.59. The van der Waals surface area contributed by atoms with Crippen molar-refractivity contribution in [1.82, 2.24) is 5.32 Å². The lowest BCUT2D eigenvalue weighted by atomic mass is 9.96. The number of benzene rings is 1. The summed E-state index contributed by atoms with van der Waals surface area (Å²) in [5.41, 5.74) is 2.27. The molecule has 2 heteroatoms. The lowest BCUT2D eigenvalue weighted by Gasteiger charge is -2.24. The summed E-state index contributed by atoms with van der Waals surface area (Å²) in [4.78, 5) is 0. The number of phenolic OH excluding ortho intramolecular Hbond substituents is 1. The van der Waals surface area contributed by atoms with Gasteiger partial charge < -0.3 is 10.4 Å². The molecule has 76 valence electrons. The van der Waals surface area contributed by atoms with E-state index < -0.39 is 0 Å². The van der Waals surface area contributed by atoms with Crippen molar-refractivity contribution >= 4 is 0 Å². The Labute approximate surface area is 85.0 Å². The zero-order valence-electron chi connectivity index (χ0n) is 8.59. The normalized spacial score (nSPS) is 22.2. The number of aromatic hydroxyl groups is 1. The Balaban J connectivity index is 2.18. The number of rotatable bonds is 1. The summed E-state index contributed by atoms with van der Waals surface area (Å²) in [5.74, 6) is 0.393. The number of aryl methyl sites for hydroxylation is 1. The van der Waals surface area contributed by atoms with Crippen LogP contribution in [-0.2, 0) is 0 Å². The maximum atomic E-state index is 9.42. The molecule has 1 aromatic carbocycles. The molecule has 1 heterocycles. The summed E-state index contributed by atoms with van der Waals surface area (Å²) in [6, 6.07) is 6.38. The number of phenols is 1. The summed E-state index contributed by atoms with van der Waals surface area (Å²) in [6.07, 6.45) is 3.80. The van der Waals surface area contributed by atoms with Gasteiger partial charge in [0.2, 0.25) is 0 Å². The summed E-state index contributed by atoms with van der Waals surface area (Å²) in [6.45, 7) is 3.06. The lowest BCUT2D eigenvalue weighted by molar-refractivity contribution is 0.411. The minimum absolute atomic E-state index is 0.393. The molecule has 0 aromatic heterocycles. The predicted octanol–water partition coefficient (Wildman–Crippen LogP) is 2.52. The van der Waals surface area contributed by atoms with Gasteiger partial charge in [-0.15, -0.1) is 0 Å². The third kappa shape index (κ3) is 1.90. The Kier molecular flexibility index (Phi) is 2.73. The van der Waals surface area contributed by atoms with Crippen molar-refractivity contribution in [2.75, 3.05) is 6.54 Å². The van der Waals surface area contributed by atoms with Crippen molar-refractivity contribution in [3.63, 3.8) is 0 Å². The van der Waals surface area contributed by atoms with Gasteiger partial charge in [-0.1, -0.05) is 18.6 Å². The van der Waals surface area contributed by atoms with E-state index in [-0.39, 0.29) is 0 Å². The topological polar surface area (TPSA) is 32.3 Å². The molecule has 2 nitrogen and oxygen atoms in total. The molecule has 1 fully saturated rings. The second-order valence-electron chi connectivity index (χ2n) is 4.05. The molecule has 1 aromatic rings. The van der Waals surface area contributed by atoms with Gasteiger partial charge in [-0.2, -0.15) is 0 Å². The fraction of sp³-hybridized carbons (Fsp3) is 0.500. The molecule has 1 atom stereocenters. The summed E-state index contributed by atoms with van der Waals surface area (Å²) in [5, 5.41) is 12.9. The SMILES string of the molecule is Cc1cc([C@@H]2CCCCN2)ccc1O. The molecule has 0 saturated carbocycles. The van der Waals surface area contributed by atoms with Crippen LogP contribution in [0.5, 0.6) is 5.75 Å². The quantitative estimate of drug-likeness (QED) is 0.715. The molecule has 0 amide bonds. The molecule has 0 aliphatic carbocycles. The van der Waals surface area contributed by atoms with E-state index in [1.54, 1.807) is 6.07 Å². The Hall–Kier alpha value is -1.02. The van der Waals surface area contributed by atoms with Crippen molar-refractivity contribution in [2.45, 2.75) is 32.2 Å². The Morgan fingerprint density at radius 2 is 2.21 bits per heavy atom. The van der Waals surface area contributed by atoms with Gasteiger partial charge in [-0.3, -0.25) is 0 Å². The summed E-state index contributed by atoms with van der Waals surface area (Å²) >= 11 is 0. The molecule has 0 radical (unpaired) electrons. The van der Waals surface area contributed by atoms with E-state index in [9.17, 15) is 5.11 Å². The van der Waals surface area contributed by atoms with Gasteiger partial charge >= 0.3 is 0 Å². The van der Waals surface area contributed by atoms with Gasteiger partial charge in [0.15, 0.2) is 0 Å². The molecule has 1 aliphatic heterocycles. The average Bonchev–Trinajstić information content (AvgIpc) is 2.23. The van der Waals surface area contributed by atoms with Crippen LogP contribution in [0, 0.1) is 6.92 Å². The fourth-order valence-electron chi connectivity index (χ4n) is 2.03. The third-order valence-electron chi connectivity index (χ3n) is 2.93. The average molecular weight is 191 g/mol. The lowest BCUT2D eigenvalue weighted by Crippen LogP contribution is -2.26. The highest BCUT2D eigenvalue weighted by Gasteiger charge is 2.14. The van der Waals surface area contributed by atoms with Crippen molar-refractivity contribution in [2.24, 2.45) is 0 Å². The Morgan fingerprint density at radius 1 is 1.36 bits per heavy atom. The minimum atomic E-state index is 0.393. The molecule has 0 bridgehead atoms. The van der Waals surface area contributed by atoms with Crippen LogP contribution in [0.15, 0.2) is 18.2 Å². The fourth-order valence-corrected chi connectivity index (χ4v) is 2.03. The van der Waals surface area contributed by atoms with Crippen molar-refractivity contribution in [3.8, 4) is 5.75 Å². The third-order valence-corrected chi connectivity index (χ3v) is 2.93. The smallest absolute Gasteiger partial charge is 0.118 e. The minimum Gasteiger partial charge on any atom is -0.508 e. The molecule has 1 saturated heterocycles. The Bertz CT molecular complexity index is 316. The van der Waals surface area contributed by atoms with Crippen LogP contribution in [0.4, 0.5) is 0 Å². The van der Waals surface area contributed by atoms with E-state index in [2.05, 4.69) is 11.4 Å². The highest BCUT2D eigenvalue weighted by molar-refractivity contribution is 5.36.